The van der Waals surface area contributed by atoms with Crippen molar-refractivity contribution in [2.45, 2.75) is 24.9 Å². The SMILES string of the molecule is O=S1(=O)CCC2(CCN(c3ccc4c(Cl)ccnc4c3F)CCO2)CC1. The first kappa shape index (κ1) is 17.9. The minimum atomic E-state index is -2.95. The minimum absolute atomic E-state index is 0.166. The average molecular weight is 399 g/mol. The summed E-state index contributed by atoms with van der Waals surface area (Å²) in [6.45, 7) is 1.61. The van der Waals surface area contributed by atoms with Gasteiger partial charge in [-0.1, -0.05) is 11.6 Å². The van der Waals surface area contributed by atoms with Crippen molar-refractivity contribution in [3.05, 3.63) is 35.2 Å². The Balaban J connectivity index is 1.58. The molecule has 0 N–H and O–H groups in total. The van der Waals surface area contributed by atoms with Crippen molar-refractivity contribution in [1.29, 1.82) is 0 Å². The first-order chi connectivity index (χ1) is 12.4. The van der Waals surface area contributed by atoms with Gasteiger partial charge in [0.05, 0.1) is 34.4 Å². The van der Waals surface area contributed by atoms with Gasteiger partial charge in [-0.3, -0.25) is 4.98 Å². The molecule has 0 bridgehead atoms. The maximum atomic E-state index is 15.0. The van der Waals surface area contributed by atoms with Crippen molar-refractivity contribution in [3.8, 4) is 0 Å². The van der Waals surface area contributed by atoms with E-state index in [2.05, 4.69) is 4.98 Å². The molecule has 4 rings (SSSR count). The number of hydrogen-bond acceptors (Lipinski definition) is 5. The van der Waals surface area contributed by atoms with E-state index in [0.717, 1.165) is 0 Å². The Morgan fingerprint density at radius 2 is 1.92 bits per heavy atom. The number of rotatable bonds is 1. The third-order valence-electron chi connectivity index (χ3n) is 5.46. The molecular weight excluding hydrogens is 379 g/mol. The molecule has 1 aromatic heterocycles. The second-order valence-electron chi connectivity index (χ2n) is 7.01. The van der Waals surface area contributed by atoms with E-state index >= 15 is 4.39 Å². The van der Waals surface area contributed by atoms with Crippen LogP contribution < -0.4 is 4.90 Å². The van der Waals surface area contributed by atoms with Crippen LogP contribution in [0, 0.1) is 5.82 Å². The molecule has 0 atom stereocenters. The second-order valence-corrected chi connectivity index (χ2v) is 9.72. The molecule has 8 heteroatoms. The Labute approximate surface area is 157 Å². The third-order valence-corrected chi connectivity index (χ3v) is 7.44. The molecule has 2 aliphatic heterocycles. The Morgan fingerprint density at radius 1 is 1.15 bits per heavy atom. The molecule has 0 amide bonds. The summed E-state index contributed by atoms with van der Waals surface area (Å²) in [6.07, 6.45) is 3.21. The fraction of sp³-hybridized carbons (Fsp3) is 0.500. The number of benzene rings is 1. The Kier molecular flexibility index (Phi) is 4.57. The zero-order chi connectivity index (χ0) is 18.4. The first-order valence-corrected chi connectivity index (χ1v) is 10.9. The number of anilines is 1. The molecule has 2 saturated heterocycles. The highest BCUT2D eigenvalue weighted by atomic mass is 35.5. The molecule has 5 nitrogen and oxygen atoms in total. The quantitative estimate of drug-likeness (QED) is 0.738. The molecule has 140 valence electrons. The Morgan fingerprint density at radius 3 is 2.69 bits per heavy atom. The van der Waals surface area contributed by atoms with Crippen LogP contribution in [-0.2, 0) is 14.6 Å². The summed E-state index contributed by atoms with van der Waals surface area (Å²) < 4.78 is 44.5. The summed E-state index contributed by atoms with van der Waals surface area (Å²) in [4.78, 5) is 6.09. The van der Waals surface area contributed by atoms with Crippen molar-refractivity contribution >= 4 is 38.0 Å². The van der Waals surface area contributed by atoms with Gasteiger partial charge in [0.1, 0.15) is 5.52 Å². The fourth-order valence-corrected chi connectivity index (χ4v) is 5.60. The summed E-state index contributed by atoms with van der Waals surface area (Å²) in [5.41, 5.74) is 0.338. The van der Waals surface area contributed by atoms with Crippen LogP contribution in [0.4, 0.5) is 10.1 Å². The van der Waals surface area contributed by atoms with Crippen molar-refractivity contribution in [1.82, 2.24) is 4.98 Å². The highest BCUT2D eigenvalue weighted by Gasteiger charge is 2.39. The minimum Gasteiger partial charge on any atom is -0.373 e. The van der Waals surface area contributed by atoms with Crippen LogP contribution in [0.3, 0.4) is 0 Å². The number of ether oxygens (including phenoxy) is 1. The maximum Gasteiger partial charge on any atom is 0.172 e. The van der Waals surface area contributed by atoms with Crippen LogP contribution in [0.1, 0.15) is 19.3 Å². The van der Waals surface area contributed by atoms with Crippen LogP contribution in [0.2, 0.25) is 5.02 Å². The average Bonchev–Trinajstić information content (AvgIpc) is 2.82. The molecule has 0 radical (unpaired) electrons. The monoisotopic (exact) mass is 398 g/mol. The van der Waals surface area contributed by atoms with E-state index in [4.69, 9.17) is 16.3 Å². The fourth-order valence-electron chi connectivity index (χ4n) is 3.82. The summed E-state index contributed by atoms with van der Waals surface area (Å²) in [5.74, 6) is -0.0494. The number of hydrogen-bond donors (Lipinski definition) is 0. The molecule has 0 saturated carbocycles. The molecule has 1 aromatic carbocycles. The number of aromatic nitrogens is 1. The number of sulfone groups is 1. The zero-order valence-corrected chi connectivity index (χ0v) is 15.8. The molecular formula is C18H20ClFN2O3S. The predicted molar refractivity (Wildman–Crippen MR) is 100 cm³/mol. The molecule has 0 unspecified atom stereocenters. The summed E-state index contributed by atoms with van der Waals surface area (Å²) in [6, 6.07) is 5.16. The van der Waals surface area contributed by atoms with Gasteiger partial charge in [0.2, 0.25) is 0 Å². The number of halogens is 2. The Bertz CT molecular complexity index is 937. The van der Waals surface area contributed by atoms with Crippen LogP contribution in [-0.4, -0.2) is 50.2 Å². The normalized spacial score (nSPS) is 22.5. The van der Waals surface area contributed by atoms with Gasteiger partial charge in [-0.25, -0.2) is 12.8 Å². The van der Waals surface area contributed by atoms with Crippen LogP contribution in [0.25, 0.3) is 10.9 Å². The highest BCUT2D eigenvalue weighted by Crippen LogP contribution is 2.35. The largest absolute Gasteiger partial charge is 0.373 e. The summed E-state index contributed by atoms with van der Waals surface area (Å²) >= 11 is 6.12. The molecule has 26 heavy (non-hydrogen) atoms. The van der Waals surface area contributed by atoms with Crippen molar-refractivity contribution in [2.75, 3.05) is 36.1 Å². The van der Waals surface area contributed by atoms with E-state index < -0.39 is 15.4 Å². The molecule has 0 aliphatic carbocycles. The van der Waals surface area contributed by atoms with Gasteiger partial charge in [0.25, 0.3) is 0 Å². The Hall–Kier alpha value is -1.44. The van der Waals surface area contributed by atoms with E-state index in [1.807, 2.05) is 4.90 Å². The molecule has 2 fully saturated rings. The van der Waals surface area contributed by atoms with E-state index in [1.165, 1.54) is 6.20 Å². The van der Waals surface area contributed by atoms with Crippen molar-refractivity contribution in [2.24, 2.45) is 0 Å². The summed E-state index contributed by atoms with van der Waals surface area (Å²) in [5, 5.41) is 1.07. The zero-order valence-electron chi connectivity index (χ0n) is 14.2. The van der Waals surface area contributed by atoms with Gasteiger partial charge in [0.15, 0.2) is 15.7 Å². The van der Waals surface area contributed by atoms with Crippen LogP contribution in [0.5, 0.6) is 0 Å². The maximum absolute atomic E-state index is 15.0. The number of nitrogens with zero attached hydrogens (tertiary/aromatic N) is 2. The van der Waals surface area contributed by atoms with E-state index in [-0.39, 0.29) is 22.8 Å². The standard InChI is InChI=1S/C18H20ClFN2O3S/c19-14-3-7-21-17-13(14)1-2-15(16(17)20)22-8-4-18(25-10-9-22)5-11-26(23,24)12-6-18/h1-3,7H,4-6,8-12H2. The van der Waals surface area contributed by atoms with Gasteiger partial charge in [-0.15, -0.1) is 0 Å². The molecule has 2 aliphatic rings. The van der Waals surface area contributed by atoms with Crippen molar-refractivity contribution in [3.63, 3.8) is 0 Å². The topological polar surface area (TPSA) is 59.5 Å². The molecule has 1 spiro atoms. The van der Waals surface area contributed by atoms with E-state index in [9.17, 15) is 8.42 Å². The lowest BCUT2D eigenvalue weighted by Gasteiger charge is -2.35. The number of fused-ring (bicyclic) bond motifs is 1. The number of pyridine rings is 1. The second kappa shape index (κ2) is 6.62. The highest BCUT2D eigenvalue weighted by molar-refractivity contribution is 7.91. The molecule has 2 aromatic rings. The van der Waals surface area contributed by atoms with Gasteiger partial charge in [0, 0.05) is 24.7 Å². The lowest BCUT2D eigenvalue weighted by atomic mass is 9.92. The van der Waals surface area contributed by atoms with Gasteiger partial charge < -0.3 is 9.64 Å². The van der Waals surface area contributed by atoms with Crippen LogP contribution in [0.15, 0.2) is 24.4 Å². The molecule has 3 heterocycles. The van der Waals surface area contributed by atoms with Crippen LogP contribution >= 0.6 is 11.6 Å². The van der Waals surface area contributed by atoms with Gasteiger partial charge >= 0.3 is 0 Å². The lowest BCUT2D eigenvalue weighted by molar-refractivity contribution is -0.0445. The summed E-state index contributed by atoms with van der Waals surface area (Å²) in [7, 11) is -2.95. The van der Waals surface area contributed by atoms with E-state index in [0.29, 0.717) is 55.1 Å². The third kappa shape index (κ3) is 3.28. The smallest absolute Gasteiger partial charge is 0.172 e. The van der Waals surface area contributed by atoms with E-state index in [1.54, 1.807) is 18.2 Å². The predicted octanol–water partition coefficient (Wildman–Crippen LogP) is 3.20. The van der Waals surface area contributed by atoms with Gasteiger partial charge in [-0.2, -0.15) is 0 Å². The van der Waals surface area contributed by atoms with Gasteiger partial charge in [-0.05, 0) is 37.5 Å². The first-order valence-electron chi connectivity index (χ1n) is 8.71. The van der Waals surface area contributed by atoms with Crippen molar-refractivity contribution < 1.29 is 17.5 Å². The lowest BCUT2D eigenvalue weighted by Crippen LogP contribution is -2.42.